The smallest absolute Gasteiger partial charge is 0.307 e. The van der Waals surface area contributed by atoms with Crippen molar-refractivity contribution in [3.8, 4) is 0 Å². The van der Waals surface area contributed by atoms with Crippen LogP contribution >= 0.6 is 0 Å². The minimum Gasteiger partial charge on any atom is -0.481 e. The average Bonchev–Trinajstić information content (AvgIpc) is 2.37. The zero-order chi connectivity index (χ0) is 15.0. The van der Waals surface area contributed by atoms with Gasteiger partial charge in [0, 0.05) is 6.54 Å². The van der Waals surface area contributed by atoms with Gasteiger partial charge in [-0.3, -0.25) is 14.5 Å². The molecule has 0 spiro atoms. The number of hydrogen-bond acceptors (Lipinski definition) is 3. The fourth-order valence-corrected chi connectivity index (χ4v) is 2.01. The molecule has 5 heteroatoms. The summed E-state index contributed by atoms with van der Waals surface area (Å²) in [4.78, 5) is 23.7. The molecule has 0 aromatic heterocycles. The quantitative estimate of drug-likeness (QED) is 0.715. The van der Waals surface area contributed by atoms with Crippen LogP contribution in [0.15, 0.2) is 24.3 Å². The van der Waals surface area contributed by atoms with Gasteiger partial charge in [0.15, 0.2) is 0 Å². The van der Waals surface area contributed by atoms with Gasteiger partial charge in [-0.25, -0.2) is 0 Å². The lowest BCUT2D eigenvalue weighted by atomic mass is 10.1. The number of nitrogens with two attached hydrogens (primary N) is 1. The highest BCUT2D eigenvalue weighted by Gasteiger charge is 2.09. The van der Waals surface area contributed by atoms with Crippen LogP contribution in [0, 0.1) is 0 Å². The summed E-state index contributed by atoms with van der Waals surface area (Å²) < 4.78 is 0. The second-order valence-electron chi connectivity index (χ2n) is 4.92. The van der Waals surface area contributed by atoms with E-state index in [0.717, 1.165) is 30.5 Å². The number of carboxylic acid groups (broad SMARTS) is 1. The van der Waals surface area contributed by atoms with Gasteiger partial charge in [0.1, 0.15) is 0 Å². The summed E-state index contributed by atoms with van der Waals surface area (Å²) in [6.45, 7) is 3.83. The monoisotopic (exact) mass is 278 g/mol. The van der Waals surface area contributed by atoms with Crippen molar-refractivity contribution < 1.29 is 14.7 Å². The number of aliphatic carboxylic acids is 1. The Balaban J connectivity index is 2.62. The van der Waals surface area contributed by atoms with Crippen molar-refractivity contribution in [2.45, 2.75) is 32.7 Å². The van der Waals surface area contributed by atoms with Crippen molar-refractivity contribution in [3.63, 3.8) is 0 Å². The van der Waals surface area contributed by atoms with Gasteiger partial charge in [0.05, 0.1) is 13.0 Å². The molecule has 0 aliphatic rings. The third-order valence-corrected chi connectivity index (χ3v) is 2.99. The Bertz CT molecular complexity index is 443. The van der Waals surface area contributed by atoms with Gasteiger partial charge in [0.25, 0.3) is 0 Å². The topological polar surface area (TPSA) is 83.6 Å². The molecule has 0 radical (unpaired) electrons. The molecule has 0 aliphatic carbocycles. The number of carbonyl (C=O) groups excluding carboxylic acids is 1. The summed E-state index contributed by atoms with van der Waals surface area (Å²) in [6.07, 6.45) is 2.11. The fraction of sp³-hybridized carbons (Fsp3) is 0.467. The van der Waals surface area contributed by atoms with E-state index in [-0.39, 0.29) is 18.9 Å². The third-order valence-electron chi connectivity index (χ3n) is 2.99. The van der Waals surface area contributed by atoms with Crippen LogP contribution < -0.4 is 5.73 Å². The predicted octanol–water partition coefficient (Wildman–Crippen LogP) is 1.40. The minimum absolute atomic E-state index is 0.0289. The summed E-state index contributed by atoms with van der Waals surface area (Å²) in [7, 11) is 0. The summed E-state index contributed by atoms with van der Waals surface area (Å²) in [6, 6.07) is 7.42. The molecule has 3 N–H and O–H groups in total. The Morgan fingerprint density at radius 3 is 2.30 bits per heavy atom. The molecule has 0 saturated heterocycles. The van der Waals surface area contributed by atoms with E-state index >= 15 is 0 Å². The van der Waals surface area contributed by atoms with Crippen LogP contribution in [0.2, 0.25) is 0 Å². The van der Waals surface area contributed by atoms with E-state index < -0.39 is 5.97 Å². The van der Waals surface area contributed by atoms with Gasteiger partial charge in [-0.1, -0.05) is 37.6 Å². The third kappa shape index (κ3) is 6.33. The second kappa shape index (κ2) is 8.32. The van der Waals surface area contributed by atoms with Crippen LogP contribution in [0.3, 0.4) is 0 Å². The molecule has 1 rings (SSSR count). The summed E-state index contributed by atoms with van der Waals surface area (Å²) in [5.41, 5.74) is 7.08. The Morgan fingerprint density at radius 2 is 1.80 bits per heavy atom. The summed E-state index contributed by atoms with van der Waals surface area (Å²) in [5.74, 6) is -1.17. The fourth-order valence-electron chi connectivity index (χ4n) is 2.01. The number of amides is 1. The lowest BCUT2D eigenvalue weighted by Gasteiger charge is -2.20. The van der Waals surface area contributed by atoms with Gasteiger partial charge in [0.2, 0.25) is 5.91 Å². The highest BCUT2D eigenvalue weighted by Crippen LogP contribution is 2.09. The van der Waals surface area contributed by atoms with E-state index in [1.54, 1.807) is 0 Å². The zero-order valence-corrected chi connectivity index (χ0v) is 11.8. The first-order valence-electron chi connectivity index (χ1n) is 6.81. The molecular formula is C15H22N2O3. The van der Waals surface area contributed by atoms with Gasteiger partial charge in [-0.15, -0.1) is 0 Å². The van der Waals surface area contributed by atoms with Crippen molar-refractivity contribution in [1.82, 2.24) is 4.90 Å². The number of primary amides is 1. The molecule has 1 aromatic carbocycles. The minimum atomic E-state index is -0.837. The van der Waals surface area contributed by atoms with Crippen LogP contribution in [-0.2, 0) is 22.6 Å². The number of hydrogen-bond donors (Lipinski definition) is 2. The van der Waals surface area contributed by atoms with Crippen LogP contribution in [0.4, 0.5) is 0 Å². The number of nitrogens with zero attached hydrogens (tertiary/aromatic N) is 1. The van der Waals surface area contributed by atoms with E-state index in [4.69, 9.17) is 10.8 Å². The molecule has 0 aliphatic heterocycles. The highest BCUT2D eigenvalue weighted by atomic mass is 16.4. The van der Waals surface area contributed by atoms with Crippen molar-refractivity contribution in [1.29, 1.82) is 0 Å². The van der Waals surface area contributed by atoms with Gasteiger partial charge >= 0.3 is 5.97 Å². The molecule has 0 unspecified atom stereocenters. The van der Waals surface area contributed by atoms with Crippen molar-refractivity contribution >= 4 is 11.9 Å². The standard InChI is InChI=1S/C15H22N2O3/c1-2-3-8-17(11-14(16)18)10-13-6-4-12(5-7-13)9-15(19)20/h4-7H,2-3,8-11H2,1H3,(H2,16,18)(H,19,20). The molecule has 0 fully saturated rings. The molecule has 5 nitrogen and oxygen atoms in total. The first kappa shape index (κ1) is 16.2. The van der Waals surface area contributed by atoms with Gasteiger partial charge in [-0.2, -0.15) is 0 Å². The summed E-state index contributed by atoms with van der Waals surface area (Å²) >= 11 is 0. The van der Waals surface area contributed by atoms with Crippen molar-refractivity contribution in [3.05, 3.63) is 35.4 Å². The maximum Gasteiger partial charge on any atom is 0.307 e. The molecular weight excluding hydrogens is 256 g/mol. The Kier molecular flexibility index (Phi) is 6.73. The van der Waals surface area contributed by atoms with Crippen molar-refractivity contribution in [2.75, 3.05) is 13.1 Å². The lowest BCUT2D eigenvalue weighted by molar-refractivity contribution is -0.136. The number of unbranched alkanes of at least 4 members (excludes halogenated alkanes) is 1. The van der Waals surface area contributed by atoms with Crippen LogP contribution in [-0.4, -0.2) is 35.0 Å². The van der Waals surface area contributed by atoms with Crippen molar-refractivity contribution in [2.24, 2.45) is 5.73 Å². The molecule has 110 valence electrons. The number of rotatable bonds is 9. The van der Waals surface area contributed by atoms with Crippen LogP contribution in [0.25, 0.3) is 0 Å². The number of carbonyl (C=O) groups is 2. The Labute approximate surface area is 119 Å². The normalized spacial score (nSPS) is 10.7. The first-order valence-corrected chi connectivity index (χ1v) is 6.81. The molecule has 20 heavy (non-hydrogen) atoms. The largest absolute Gasteiger partial charge is 0.481 e. The van der Waals surface area contributed by atoms with E-state index in [2.05, 4.69) is 6.92 Å². The van der Waals surface area contributed by atoms with Gasteiger partial charge in [-0.05, 0) is 24.1 Å². The maximum atomic E-state index is 11.1. The highest BCUT2D eigenvalue weighted by molar-refractivity contribution is 5.75. The Morgan fingerprint density at radius 1 is 1.20 bits per heavy atom. The molecule has 0 heterocycles. The molecule has 1 amide bonds. The second-order valence-corrected chi connectivity index (χ2v) is 4.92. The van der Waals surface area contributed by atoms with Crippen LogP contribution in [0.5, 0.6) is 0 Å². The maximum absolute atomic E-state index is 11.1. The number of benzene rings is 1. The van der Waals surface area contributed by atoms with E-state index in [0.29, 0.717) is 6.54 Å². The van der Waals surface area contributed by atoms with E-state index in [1.165, 1.54) is 0 Å². The van der Waals surface area contributed by atoms with E-state index in [1.807, 2.05) is 29.2 Å². The predicted molar refractivity (Wildman–Crippen MR) is 77.2 cm³/mol. The van der Waals surface area contributed by atoms with Gasteiger partial charge < -0.3 is 10.8 Å². The lowest BCUT2D eigenvalue weighted by Crippen LogP contribution is -2.34. The number of carboxylic acids is 1. The zero-order valence-electron chi connectivity index (χ0n) is 11.8. The molecule has 0 saturated carbocycles. The average molecular weight is 278 g/mol. The molecule has 0 atom stereocenters. The molecule has 1 aromatic rings. The van der Waals surface area contributed by atoms with Crippen LogP contribution in [0.1, 0.15) is 30.9 Å². The Hall–Kier alpha value is -1.88. The van der Waals surface area contributed by atoms with E-state index in [9.17, 15) is 9.59 Å². The molecule has 0 bridgehead atoms. The SMILES string of the molecule is CCCCN(CC(N)=O)Cc1ccc(CC(=O)O)cc1. The summed E-state index contributed by atoms with van der Waals surface area (Å²) in [5, 5.41) is 8.72. The first-order chi connectivity index (χ1) is 9.51.